The predicted molar refractivity (Wildman–Crippen MR) is 160 cm³/mol. The molecule has 4 aromatic rings. The van der Waals surface area contributed by atoms with Gasteiger partial charge in [0, 0.05) is 25.3 Å². The Hall–Kier alpha value is -4.77. The number of allylic oxidation sites excluding steroid dienone is 1. The van der Waals surface area contributed by atoms with Crippen LogP contribution >= 0.6 is 11.3 Å². The Bertz CT molecular complexity index is 1740. The Labute approximate surface area is 245 Å². The molecule has 4 heterocycles. The molecule has 1 saturated heterocycles. The predicted octanol–water partition coefficient (Wildman–Crippen LogP) is 6.67. The zero-order valence-electron chi connectivity index (χ0n) is 23.0. The van der Waals surface area contributed by atoms with Gasteiger partial charge in [0.1, 0.15) is 21.2 Å². The Morgan fingerprint density at radius 2 is 1.95 bits per heavy atom. The smallest absolute Gasteiger partial charge is 0.331 e. The van der Waals surface area contributed by atoms with Crippen LogP contribution in [0.2, 0.25) is 0 Å². The quantitative estimate of drug-likeness (QED) is 0.246. The summed E-state index contributed by atoms with van der Waals surface area (Å²) in [5.74, 6) is -0.509. The summed E-state index contributed by atoms with van der Waals surface area (Å²) in [7, 11) is 0. The number of para-hydroxylation sites is 1. The molecule has 0 aliphatic carbocycles. The number of aromatic nitrogens is 1. The van der Waals surface area contributed by atoms with E-state index in [2.05, 4.69) is 15.6 Å². The minimum Gasteiger partial charge on any atom is -0.457 e. The number of hydrogen-bond acceptors (Lipinski definition) is 6. The van der Waals surface area contributed by atoms with E-state index in [4.69, 9.17) is 4.74 Å². The van der Waals surface area contributed by atoms with Crippen molar-refractivity contribution in [2.75, 3.05) is 23.3 Å². The van der Waals surface area contributed by atoms with Gasteiger partial charge in [0.15, 0.2) is 5.83 Å². The summed E-state index contributed by atoms with van der Waals surface area (Å²) in [6.07, 6.45) is 4.05. The maximum Gasteiger partial charge on any atom is 0.331 e. The van der Waals surface area contributed by atoms with Crippen LogP contribution in [0.5, 0.6) is 11.5 Å². The minimum absolute atomic E-state index is 0.207. The Morgan fingerprint density at radius 1 is 1.14 bits per heavy atom. The van der Waals surface area contributed by atoms with Gasteiger partial charge >= 0.3 is 6.03 Å². The number of rotatable bonds is 6. The third-order valence-corrected chi connectivity index (χ3v) is 8.44. The van der Waals surface area contributed by atoms with Gasteiger partial charge in [-0.1, -0.05) is 18.2 Å². The largest absolute Gasteiger partial charge is 0.457 e. The number of anilines is 3. The SMILES string of the molecule is CC=C(F)C(=O)N1CCCC(NC(=O)c2sc3nccc4c3c2NC(=O)N4c2ccc(Oc3ccccc3)cc2C)C1. The first-order valence-electron chi connectivity index (χ1n) is 13.6. The van der Waals surface area contributed by atoms with Gasteiger partial charge in [-0.25, -0.2) is 14.2 Å². The highest BCUT2D eigenvalue weighted by molar-refractivity contribution is 7.21. The summed E-state index contributed by atoms with van der Waals surface area (Å²) in [5, 5.41) is 6.57. The average molecular weight is 586 g/mol. The van der Waals surface area contributed by atoms with E-state index in [1.165, 1.54) is 23.2 Å². The number of benzene rings is 2. The number of likely N-dealkylation sites (tertiary alicyclic amines) is 1. The van der Waals surface area contributed by atoms with Crippen LogP contribution in [0, 0.1) is 6.92 Å². The number of halogens is 1. The number of thiophene rings is 1. The lowest BCUT2D eigenvalue weighted by Crippen LogP contribution is -2.49. The number of carbonyl (C=O) groups excluding carboxylic acids is 3. The zero-order chi connectivity index (χ0) is 29.4. The summed E-state index contributed by atoms with van der Waals surface area (Å²) in [4.78, 5) is 47.7. The van der Waals surface area contributed by atoms with E-state index >= 15 is 0 Å². The van der Waals surface area contributed by atoms with Crippen molar-refractivity contribution in [3.63, 3.8) is 0 Å². The second-order valence-corrected chi connectivity index (χ2v) is 11.1. The topological polar surface area (TPSA) is 104 Å². The molecule has 1 fully saturated rings. The maximum absolute atomic E-state index is 13.9. The standard InChI is InChI=1S/C31H28FN5O4S/c1-3-22(32)30(39)36-15-7-8-19(17-36)34-28(38)27-26-25-24(13-14-33-29(25)42-27)37(31(40)35-26)23-12-11-21(16-18(23)2)41-20-9-5-4-6-10-20/h3-6,9-14,16,19H,7-8,15,17H2,1-2H3,(H,34,38)(H,35,40). The van der Waals surface area contributed by atoms with Gasteiger partial charge in [-0.2, -0.15) is 0 Å². The molecule has 2 aliphatic heterocycles. The fourth-order valence-corrected chi connectivity index (χ4v) is 6.38. The molecule has 1 atom stereocenters. The lowest BCUT2D eigenvalue weighted by atomic mass is 10.0. The highest BCUT2D eigenvalue weighted by atomic mass is 32.1. The van der Waals surface area contributed by atoms with Crippen molar-refractivity contribution in [3.8, 4) is 11.5 Å². The number of ether oxygens (including phenoxy) is 1. The van der Waals surface area contributed by atoms with Crippen LogP contribution in [-0.4, -0.2) is 46.9 Å². The Morgan fingerprint density at radius 3 is 2.71 bits per heavy atom. The molecule has 0 spiro atoms. The highest BCUT2D eigenvalue weighted by Gasteiger charge is 2.34. The van der Waals surface area contributed by atoms with Gasteiger partial charge in [0.05, 0.1) is 22.4 Å². The van der Waals surface area contributed by atoms with Crippen LogP contribution in [0.4, 0.5) is 26.2 Å². The average Bonchev–Trinajstić information content (AvgIpc) is 3.37. The van der Waals surface area contributed by atoms with Crippen molar-refractivity contribution >= 4 is 56.5 Å². The van der Waals surface area contributed by atoms with Crippen LogP contribution in [-0.2, 0) is 4.79 Å². The maximum atomic E-state index is 13.9. The number of amides is 4. The van der Waals surface area contributed by atoms with E-state index < -0.39 is 17.8 Å². The highest BCUT2D eigenvalue weighted by Crippen LogP contribution is 2.46. The van der Waals surface area contributed by atoms with Gasteiger partial charge in [-0.15, -0.1) is 11.3 Å². The normalized spacial score (nSPS) is 16.8. The molecule has 4 amide bonds. The number of nitrogens with zero attached hydrogens (tertiary/aromatic N) is 3. The first-order valence-corrected chi connectivity index (χ1v) is 14.4. The summed E-state index contributed by atoms with van der Waals surface area (Å²) in [6, 6.07) is 16.0. The Kier molecular flexibility index (Phi) is 7.34. The van der Waals surface area contributed by atoms with Crippen LogP contribution < -0.4 is 20.3 Å². The van der Waals surface area contributed by atoms with E-state index in [0.29, 0.717) is 63.0 Å². The van der Waals surface area contributed by atoms with Gasteiger partial charge in [0.25, 0.3) is 11.8 Å². The van der Waals surface area contributed by atoms with Crippen LogP contribution in [0.1, 0.15) is 35.0 Å². The lowest BCUT2D eigenvalue weighted by molar-refractivity contribution is -0.130. The van der Waals surface area contributed by atoms with Gasteiger partial charge in [-0.05, 0) is 74.7 Å². The summed E-state index contributed by atoms with van der Waals surface area (Å²) < 4.78 is 19.8. The first kappa shape index (κ1) is 27.4. The molecule has 0 radical (unpaired) electrons. The third kappa shape index (κ3) is 5.07. The van der Waals surface area contributed by atoms with Crippen LogP contribution in [0.15, 0.2) is 72.7 Å². The van der Waals surface area contributed by atoms with Crippen LogP contribution in [0.25, 0.3) is 10.2 Å². The van der Waals surface area contributed by atoms with E-state index in [-0.39, 0.29) is 18.5 Å². The molecule has 42 heavy (non-hydrogen) atoms. The van der Waals surface area contributed by atoms with Crippen molar-refractivity contribution in [2.45, 2.75) is 32.7 Å². The van der Waals surface area contributed by atoms with Gasteiger partial charge in [-0.3, -0.25) is 14.5 Å². The summed E-state index contributed by atoms with van der Waals surface area (Å²) in [6.45, 7) is 4.01. The van der Waals surface area contributed by atoms with Gasteiger partial charge in [0.2, 0.25) is 0 Å². The third-order valence-electron chi connectivity index (χ3n) is 7.34. The Balaban J connectivity index is 1.27. The molecule has 2 N–H and O–H groups in total. The van der Waals surface area contributed by atoms with Crippen molar-refractivity contribution in [1.29, 1.82) is 0 Å². The number of urea groups is 1. The van der Waals surface area contributed by atoms with E-state index in [1.807, 2.05) is 55.5 Å². The van der Waals surface area contributed by atoms with Crippen molar-refractivity contribution in [2.24, 2.45) is 0 Å². The van der Waals surface area contributed by atoms with Gasteiger partial charge < -0.3 is 20.3 Å². The molecule has 6 rings (SSSR count). The van der Waals surface area contributed by atoms with Crippen molar-refractivity contribution in [1.82, 2.24) is 15.2 Å². The van der Waals surface area contributed by atoms with E-state index in [0.717, 1.165) is 11.6 Å². The molecule has 0 bridgehead atoms. The minimum atomic E-state index is -0.810. The molecule has 214 valence electrons. The molecular formula is C31H28FN5O4S. The van der Waals surface area contributed by atoms with Crippen molar-refractivity contribution < 1.29 is 23.5 Å². The molecule has 2 aromatic carbocycles. The lowest BCUT2D eigenvalue weighted by Gasteiger charge is -2.33. The number of pyridine rings is 1. The summed E-state index contributed by atoms with van der Waals surface area (Å²) in [5.41, 5.74) is 2.52. The van der Waals surface area contributed by atoms with Crippen LogP contribution in [0.3, 0.4) is 0 Å². The molecule has 2 aliphatic rings. The number of carbonyl (C=O) groups is 3. The van der Waals surface area contributed by atoms with E-state index in [9.17, 15) is 18.8 Å². The fourth-order valence-electron chi connectivity index (χ4n) is 5.36. The van der Waals surface area contributed by atoms with Crippen molar-refractivity contribution in [3.05, 3.63) is 83.1 Å². The molecule has 9 nitrogen and oxygen atoms in total. The number of nitrogens with one attached hydrogen (secondary N) is 2. The monoisotopic (exact) mass is 585 g/mol. The molecule has 2 aromatic heterocycles. The number of piperidine rings is 1. The molecule has 1 unspecified atom stereocenters. The zero-order valence-corrected chi connectivity index (χ0v) is 23.8. The molecule has 0 saturated carbocycles. The molecule has 11 heteroatoms. The summed E-state index contributed by atoms with van der Waals surface area (Å²) >= 11 is 1.19. The van der Waals surface area contributed by atoms with E-state index in [1.54, 1.807) is 17.2 Å². The first-order chi connectivity index (χ1) is 20.3. The fraction of sp³-hybridized carbons (Fsp3) is 0.226. The molecular weight excluding hydrogens is 557 g/mol. The second-order valence-electron chi connectivity index (χ2n) is 10.1. The number of aryl methyl sites for hydroxylation is 1. The number of hydrogen-bond donors (Lipinski definition) is 2. The second kappa shape index (κ2) is 11.2.